The number of halogens is 1. The highest BCUT2D eigenvalue weighted by Gasteiger charge is 2.33. The highest BCUT2D eigenvalue weighted by atomic mass is 19.1. The molecule has 0 unspecified atom stereocenters. The molecule has 0 aliphatic rings. The lowest BCUT2D eigenvalue weighted by Crippen LogP contribution is -2.31. The lowest BCUT2D eigenvalue weighted by molar-refractivity contribution is -0.154. The van der Waals surface area contributed by atoms with E-state index >= 15 is 0 Å². The van der Waals surface area contributed by atoms with Crippen molar-refractivity contribution in [3.8, 4) is 17.2 Å². The SMILES string of the molecule is CCC(CC)[C@@H](c1ccc(F)cc1OC)[C@H](C)OC(=O)[C@H](C)CC(=O)c1nccc(OC)c1O. The maximum Gasteiger partial charge on any atom is 0.309 e. The molecule has 34 heavy (non-hydrogen) atoms. The fourth-order valence-corrected chi connectivity index (χ4v) is 4.28. The standard InChI is InChI=1S/C26H34FNO6/c1-7-17(8-2)23(19-10-9-18(27)14-22(19)33-6)16(4)34-26(31)15(3)13-20(29)24-25(30)21(32-5)11-12-28-24/h9-12,14-17,23,30H,7-8,13H2,1-6H3/t15-,16+,23+/m1/s1. The minimum absolute atomic E-state index is 0.128. The number of carbonyl (C=O) groups excluding carboxylic acids is 2. The first-order valence-electron chi connectivity index (χ1n) is 11.5. The van der Waals surface area contributed by atoms with E-state index in [0.29, 0.717) is 5.75 Å². The summed E-state index contributed by atoms with van der Waals surface area (Å²) in [5, 5.41) is 10.2. The second-order valence-electron chi connectivity index (χ2n) is 8.37. The summed E-state index contributed by atoms with van der Waals surface area (Å²) < 4.78 is 30.0. The van der Waals surface area contributed by atoms with Crippen LogP contribution in [0.25, 0.3) is 0 Å². The molecule has 0 aliphatic heterocycles. The molecule has 186 valence electrons. The van der Waals surface area contributed by atoms with Crippen molar-refractivity contribution in [2.75, 3.05) is 14.2 Å². The highest BCUT2D eigenvalue weighted by Crippen LogP contribution is 2.39. The maximum absolute atomic E-state index is 13.8. The van der Waals surface area contributed by atoms with Crippen LogP contribution >= 0.6 is 0 Å². The zero-order valence-electron chi connectivity index (χ0n) is 20.6. The van der Waals surface area contributed by atoms with Crippen molar-refractivity contribution in [2.24, 2.45) is 11.8 Å². The van der Waals surface area contributed by atoms with Gasteiger partial charge in [0.2, 0.25) is 0 Å². The molecule has 0 radical (unpaired) electrons. The number of ketones is 1. The number of methoxy groups -OCH3 is 2. The fraction of sp³-hybridized carbons (Fsp3) is 0.500. The van der Waals surface area contributed by atoms with Crippen molar-refractivity contribution in [1.29, 1.82) is 0 Å². The molecule has 7 nitrogen and oxygen atoms in total. The molecule has 1 heterocycles. The average Bonchev–Trinajstić information content (AvgIpc) is 2.82. The van der Waals surface area contributed by atoms with Gasteiger partial charge in [0.25, 0.3) is 0 Å². The number of rotatable bonds is 12. The van der Waals surface area contributed by atoms with Crippen LogP contribution in [0.4, 0.5) is 4.39 Å². The van der Waals surface area contributed by atoms with Gasteiger partial charge in [0.05, 0.1) is 20.1 Å². The summed E-state index contributed by atoms with van der Waals surface area (Å²) in [5.41, 5.74) is 0.616. The van der Waals surface area contributed by atoms with E-state index < -0.39 is 29.6 Å². The first kappa shape index (κ1) is 27.1. The van der Waals surface area contributed by atoms with Crippen LogP contribution < -0.4 is 9.47 Å². The molecule has 0 fully saturated rings. The molecule has 0 bridgehead atoms. The minimum atomic E-state index is -0.764. The van der Waals surface area contributed by atoms with Gasteiger partial charge in [0.15, 0.2) is 23.0 Å². The van der Waals surface area contributed by atoms with Crippen LogP contribution in [-0.4, -0.2) is 42.2 Å². The molecule has 8 heteroatoms. The molecule has 0 spiro atoms. The van der Waals surface area contributed by atoms with Crippen molar-refractivity contribution in [3.63, 3.8) is 0 Å². The van der Waals surface area contributed by atoms with Gasteiger partial charge in [-0.3, -0.25) is 9.59 Å². The van der Waals surface area contributed by atoms with Crippen molar-refractivity contribution in [1.82, 2.24) is 4.98 Å². The fourth-order valence-electron chi connectivity index (χ4n) is 4.28. The Kier molecular flexibility index (Phi) is 9.83. The Morgan fingerprint density at radius 2 is 1.71 bits per heavy atom. The van der Waals surface area contributed by atoms with Gasteiger partial charge in [-0.1, -0.05) is 39.7 Å². The van der Waals surface area contributed by atoms with Crippen LogP contribution in [0.3, 0.4) is 0 Å². The van der Waals surface area contributed by atoms with Gasteiger partial charge in [0.1, 0.15) is 17.7 Å². The number of esters is 1. The predicted molar refractivity (Wildman–Crippen MR) is 126 cm³/mol. The molecule has 2 aromatic rings. The molecule has 1 aromatic carbocycles. The number of Topliss-reactive ketones (excluding diaryl/α,β-unsaturated/α-hetero) is 1. The zero-order valence-corrected chi connectivity index (χ0v) is 20.6. The first-order chi connectivity index (χ1) is 16.2. The number of carbonyl (C=O) groups is 2. The second-order valence-corrected chi connectivity index (χ2v) is 8.37. The monoisotopic (exact) mass is 475 g/mol. The number of pyridine rings is 1. The molecule has 3 atom stereocenters. The Labute approximate surface area is 200 Å². The number of aromatic nitrogens is 1. The molecule has 0 saturated heterocycles. The molecular formula is C26H34FNO6. The molecule has 1 N–H and O–H groups in total. The van der Waals surface area contributed by atoms with Crippen molar-refractivity contribution < 1.29 is 33.3 Å². The quantitative estimate of drug-likeness (QED) is 0.329. The molecule has 0 aliphatic carbocycles. The largest absolute Gasteiger partial charge is 0.503 e. The minimum Gasteiger partial charge on any atom is -0.503 e. The number of benzene rings is 1. The van der Waals surface area contributed by atoms with Crippen LogP contribution in [0.1, 0.15) is 68.9 Å². The molecule has 0 amide bonds. The summed E-state index contributed by atoms with van der Waals surface area (Å²) in [6.07, 6.45) is 2.29. The predicted octanol–water partition coefficient (Wildman–Crippen LogP) is 5.30. The topological polar surface area (TPSA) is 95.0 Å². The van der Waals surface area contributed by atoms with Gasteiger partial charge >= 0.3 is 5.97 Å². The summed E-state index contributed by atoms with van der Waals surface area (Å²) in [7, 11) is 2.85. The third-order valence-corrected chi connectivity index (χ3v) is 6.18. The van der Waals surface area contributed by atoms with Gasteiger partial charge in [-0.25, -0.2) is 9.37 Å². The summed E-state index contributed by atoms with van der Waals surface area (Å²) in [5.74, 6) is -2.09. The van der Waals surface area contributed by atoms with Crippen molar-refractivity contribution >= 4 is 11.8 Å². The second kappa shape index (κ2) is 12.3. The third kappa shape index (κ3) is 6.24. The summed E-state index contributed by atoms with van der Waals surface area (Å²) >= 11 is 0. The Morgan fingerprint density at radius 3 is 2.29 bits per heavy atom. The van der Waals surface area contributed by atoms with Gasteiger partial charge in [-0.2, -0.15) is 0 Å². The lowest BCUT2D eigenvalue weighted by Gasteiger charge is -2.32. The number of nitrogens with zero attached hydrogens (tertiary/aromatic N) is 1. The highest BCUT2D eigenvalue weighted by molar-refractivity contribution is 5.99. The van der Waals surface area contributed by atoms with Crippen LogP contribution in [0.5, 0.6) is 17.2 Å². The number of aromatic hydroxyl groups is 1. The van der Waals surface area contributed by atoms with Gasteiger partial charge in [-0.15, -0.1) is 0 Å². The Hall–Kier alpha value is -3.16. The Balaban J connectivity index is 2.21. The van der Waals surface area contributed by atoms with E-state index in [1.807, 2.05) is 0 Å². The van der Waals surface area contributed by atoms with E-state index in [-0.39, 0.29) is 35.4 Å². The van der Waals surface area contributed by atoms with Gasteiger partial charge < -0.3 is 19.3 Å². The van der Waals surface area contributed by atoms with E-state index in [2.05, 4.69) is 18.8 Å². The molecule has 1 aromatic heterocycles. The van der Waals surface area contributed by atoms with E-state index in [4.69, 9.17) is 14.2 Å². The summed E-state index contributed by atoms with van der Waals surface area (Å²) in [6, 6.07) is 5.81. The van der Waals surface area contributed by atoms with Gasteiger partial charge in [-0.05, 0) is 18.9 Å². The number of hydrogen-bond donors (Lipinski definition) is 1. The lowest BCUT2D eigenvalue weighted by atomic mass is 9.79. The zero-order chi connectivity index (χ0) is 25.4. The van der Waals surface area contributed by atoms with E-state index in [9.17, 15) is 19.1 Å². The number of hydrogen-bond acceptors (Lipinski definition) is 7. The number of ether oxygens (including phenoxy) is 3. The normalized spacial score (nSPS) is 13.8. The molecular weight excluding hydrogens is 441 g/mol. The van der Waals surface area contributed by atoms with Crippen LogP contribution in [0.2, 0.25) is 0 Å². The summed E-state index contributed by atoms with van der Waals surface area (Å²) in [4.78, 5) is 29.5. The van der Waals surface area contributed by atoms with E-state index in [0.717, 1.165) is 18.4 Å². The average molecular weight is 476 g/mol. The van der Waals surface area contributed by atoms with Crippen molar-refractivity contribution in [3.05, 3.63) is 47.5 Å². The van der Waals surface area contributed by atoms with E-state index in [1.165, 1.54) is 38.6 Å². The Bertz CT molecular complexity index is 991. The van der Waals surface area contributed by atoms with Crippen LogP contribution in [0, 0.1) is 17.7 Å². The van der Waals surface area contributed by atoms with Crippen LogP contribution in [0.15, 0.2) is 30.5 Å². The summed E-state index contributed by atoms with van der Waals surface area (Å²) in [6.45, 7) is 7.50. The van der Waals surface area contributed by atoms with Crippen molar-refractivity contribution in [2.45, 2.75) is 59.0 Å². The molecule has 0 saturated carbocycles. The smallest absolute Gasteiger partial charge is 0.309 e. The molecule has 2 rings (SSSR count). The van der Waals surface area contributed by atoms with Crippen LogP contribution in [-0.2, 0) is 9.53 Å². The first-order valence-corrected chi connectivity index (χ1v) is 11.5. The van der Waals surface area contributed by atoms with Gasteiger partial charge in [0, 0.05) is 36.2 Å². The maximum atomic E-state index is 13.8. The third-order valence-electron chi connectivity index (χ3n) is 6.18. The Morgan fingerprint density at radius 1 is 1.06 bits per heavy atom. The van der Waals surface area contributed by atoms with E-state index in [1.54, 1.807) is 19.9 Å².